The molecule has 0 heterocycles. The highest BCUT2D eigenvalue weighted by Gasteiger charge is 2.03. The largest absolute Gasteiger partial charge is 1.00 e. The zero-order chi connectivity index (χ0) is 14.5. The lowest BCUT2D eigenvalue weighted by Gasteiger charge is -2.04. The number of hydrogen-bond donors (Lipinski definition) is 1. The number of esters is 1. The average Bonchev–Trinajstić information content (AvgIpc) is 2.46. The zero-order valence-electron chi connectivity index (χ0n) is 12.9. The molecule has 0 aliphatic rings. The fraction of sp³-hybridized carbons (Fsp3) is 0.588. The van der Waals surface area contributed by atoms with E-state index in [1.807, 2.05) is 30.3 Å². The van der Waals surface area contributed by atoms with Gasteiger partial charge in [-0.1, -0.05) is 50.3 Å². The summed E-state index contributed by atoms with van der Waals surface area (Å²) in [5.74, 6) is 0.523. The van der Waals surface area contributed by atoms with E-state index in [2.05, 4.69) is 5.73 Å². The van der Waals surface area contributed by atoms with Crippen LogP contribution in [-0.2, 0) is 4.79 Å². The third kappa shape index (κ3) is 11.3. The lowest BCUT2D eigenvalue weighted by molar-refractivity contribution is -0.368. The normalized spacial score (nSPS) is 9.95. The van der Waals surface area contributed by atoms with E-state index in [4.69, 9.17) is 4.74 Å². The number of halogens is 1. The summed E-state index contributed by atoms with van der Waals surface area (Å²) in [7, 11) is 0. The second-order valence-electron chi connectivity index (χ2n) is 5.22. The van der Waals surface area contributed by atoms with Crippen molar-refractivity contribution in [3.05, 3.63) is 30.3 Å². The predicted molar refractivity (Wildman–Crippen MR) is 81.4 cm³/mol. The summed E-state index contributed by atoms with van der Waals surface area (Å²) in [5, 5.41) is 0. The Morgan fingerprint density at radius 2 is 1.38 bits per heavy atom. The average molecular weight is 314 g/mol. The Kier molecular flexibility index (Phi) is 13.2. The molecule has 0 radical (unpaired) electrons. The van der Waals surface area contributed by atoms with Crippen molar-refractivity contribution in [2.75, 3.05) is 6.54 Å². The van der Waals surface area contributed by atoms with Crippen molar-refractivity contribution < 1.29 is 27.7 Å². The van der Waals surface area contributed by atoms with Crippen LogP contribution in [0.25, 0.3) is 0 Å². The summed E-state index contributed by atoms with van der Waals surface area (Å²) < 4.78 is 5.24. The Hall–Kier alpha value is -1.06. The van der Waals surface area contributed by atoms with Gasteiger partial charge in [-0.15, -0.1) is 0 Å². The molecule has 0 spiro atoms. The van der Waals surface area contributed by atoms with Gasteiger partial charge < -0.3 is 22.9 Å². The van der Waals surface area contributed by atoms with Crippen LogP contribution >= 0.6 is 0 Å². The molecule has 0 aromatic heterocycles. The predicted octanol–water partition coefficient (Wildman–Crippen LogP) is 0.349. The highest BCUT2D eigenvalue weighted by atomic mass is 35.5. The van der Waals surface area contributed by atoms with E-state index in [9.17, 15) is 4.79 Å². The number of hydrogen-bond acceptors (Lipinski definition) is 2. The number of quaternary nitrogens is 1. The molecular weight excluding hydrogens is 286 g/mol. The van der Waals surface area contributed by atoms with Gasteiger partial charge >= 0.3 is 5.97 Å². The summed E-state index contributed by atoms with van der Waals surface area (Å²) in [6, 6.07) is 9.27. The third-order valence-corrected chi connectivity index (χ3v) is 3.36. The van der Waals surface area contributed by atoms with Crippen LogP contribution in [0.2, 0.25) is 0 Å². The first-order valence-electron chi connectivity index (χ1n) is 7.88. The minimum absolute atomic E-state index is 0. The molecule has 1 aromatic rings. The number of carbonyl (C=O) groups is 1. The molecule has 120 valence electrons. The first-order valence-corrected chi connectivity index (χ1v) is 7.88. The molecule has 0 unspecified atom stereocenters. The molecule has 4 heteroatoms. The molecule has 0 bridgehead atoms. The fourth-order valence-corrected chi connectivity index (χ4v) is 2.18. The molecule has 0 aliphatic carbocycles. The summed E-state index contributed by atoms with van der Waals surface area (Å²) in [6.45, 7) is 1.06. The number of ether oxygens (including phenoxy) is 1. The van der Waals surface area contributed by atoms with Crippen molar-refractivity contribution in [1.82, 2.24) is 0 Å². The standard InChI is InChI=1S/C17H27NO2.ClH/c18-15-11-6-4-2-1-3-5-10-14-17(19)20-16-12-8-7-9-13-16;/h7-9,12-13H,1-6,10-11,14-15,18H2;1H. The van der Waals surface area contributed by atoms with Crippen LogP contribution in [0.1, 0.15) is 57.8 Å². The Bertz CT molecular complexity index is 357. The van der Waals surface area contributed by atoms with Crippen molar-refractivity contribution >= 4 is 5.97 Å². The highest BCUT2D eigenvalue weighted by molar-refractivity contribution is 5.72. The number of benzene rings is 1. The Morgan fingerprint density at radius 3 is 1.95 bits per heavy atom. The molecular formula is C17H28ClNO2. The zero-order valence-corrected chi connectivity index (χ0v) is 13.6. The van der Waals surface area contributed by atoms with Crippen molar-refractivity contribution in [1.29, 1.82) is 0 Å². The van der Waals surface area contributed by atoms with E-state index >= 15 is 0 Å². The molecule has 0 aliphatic heterocycles. The van der Waals surface area contributed by atoms with E-state index in [0.717, 1.165) is 19.4 Å². The van der Waals surface area contributed by atoms with E-state index < -0.39 is 0 Å². The minimum atomic E-state index is -0.119. The van der Waals surface area contributed by atoms with Gasteiger partial charge in [0.25, 0.3) is 0 Å². The quantitative estimate of drug-likeness (QED) is 0.364. The molecule has 1 rings (SSSR count). The molecule has 0 saturated carbocycles. The number of para-hydroxylation sites is 1. The van der Waals surface area contributed by atoms with Gasteiger partial charge in [-0.3, -0.25) is 4.79 Å². The lowest BCUT2D eigenvalue weighted by atomic mass is 10.1. The van der Waals surface area contributed by atoms with Crippen LogP contribution in [0, 0.1) is 0 Å². The van der Waals surface area contributed by atoms with Crippen molar-refractivity contribution in [3.63, 3.8) is 0 Å². The van der Waals surface area contributed by atoms with Gasteiger partial charge in [0, 0.05) is 6.42 Å². The van der Waals surface area contributed by atoms with Crippen molar-refractivity contribution in [3.8, 4) is 5.75 Å². The molecule has 0 fully saturated rings. The van der Waals surface area contributed by atoms with E-state index in [0.29, 0.717) is 12.2 Å². The van der Waals surface area contributed by atoms with Crippen LogP contribution in [0.5, 0.6) is 5.75 Å². The maximum atomic E-state index is 11.6. The second kappa shape index (κ2) is 13.9. The minimum Gasteiger partial charge on any atom is -1.00 e. The molecule has 21 heavy (non-hydrogen) atoms. The summed E-state index contributed by atoms with van der Waals surface area (Å²) >= 11 is 0. The van der Waals surface area contributed by atoms with Gasteiger partial charge in [-0.2, -0.15) is 0 Å². The number of unbranched alkanes of at least 4 members (excludes halogenated alkanes) is 7. The Morgan fingerprint density at radius 1 is 0.857 bits per heavy atom. The van der Waals surface area contributed by atoms with Crippen molar-refractivity contribution in [2.24, 2.45) is 0 Å². The fourth-order valence-electron chi connectivity index (χ4n) is 2.18. The molecule has 3 nitrogen and oxygen atoms in total. The van der Waals surface area contributed by atoms with Gasteiger partial charge in [-0.05, 0) is 31.4 Å². The Labute approximate surface area is 134 Å². The topological polar surface area (TPSA) is 53.9 Å². The number of rotatable bonds is 11. The third-order valence-electron chi connectivity index (χ3n) is 3.36. The Balaban J connectivity index is 0.00000400. The van der Waals surface area contributed by atoms with E-state index in [1.165, 1.54) is 38.5 Å². The molecule has 0 saturated heterocycles. The number of carbonyl (C=O) groups excluding carboxylic acids is 1. The van der Waals surface area contributed by atoms with Crippen LogP contribution in [0.15, 0.2) is 30.3 Å². The van der Waals surface area contributed by atoms with Crippen LogP contribution in [0.4, 0.5) is 0 Å². The van der Waals surface area contributed by atoms with Crippen LogP contribution in [-0.4, -0.2) is 12.5 Å². The monoisotopic (exact) mass is 313 g/mol. The summed E-state index contributed by atoms with van der Waals surface area (Å²) in [5.41, 5.74) is 3.85. The van der Waals surface area contributed by atoms with Crippen molar-refractivity contribution in [2.45, 2.75) is 57.8 Å². The summed E-state index contributed by atoms with van der Waals surface area (Å²) in [4.78, 5) is 11.6. The molecule has 3 N–H and O–H groups in total. The van der Waals surface area contributed by atoms with Gasteiger partial charge in [0.15, 0.2) is 0 Å². The first-order chi connectivity index (χ1) is 9.83. The molecule has 1 aromatic carbocycles. The van der Waals surface area contributed by atoms with Crippen LogP contribution in [0.3, 0.4) is 0 Å². The maximum absolute atomic E-state index is 11.6. The molecule has 0 atom stereocenters. The summed E-state index contributed by atoms with van der Waals surface area (Å²) in [6.07, 6.45) is 10.3. The molecule has 0 amide bonds. The highest BCUT2D eigenvalue weighted by Crippen LogP contribution is 2.12. The SMILES string of the molecule is [Cl-].[NH3+]CCCCCCCCCCC(=O)Oc1ccccc1. The maximum Gasteiger partial charge on any atom is 0.311 e. The van der Waals surface area contributed by atoms with Gasteiger partial charge in [-0.25, -0.2) is 0 Å². The lowest BCUT2D eigenvalue weighted by Crippen LogP contribution is -3.00. The van der Waals surface area contributed by atoms with Gasteiger partial charge in [0.05, 0.1) is 6.54 Å². The second-order valence-corrected chi connectivity index (χ2v) is 5.22. The van der Waals surface area contributed by atoms with Gasteiger partial charge in [0.2, 0.25) is 0 Å². The van der Waals surface area contributed by atoms with Gasteiger partial charge in [0.1, 0.15) is 5.75 Å². The van der Waals surface area contributed by atoms with E-state index in [1.54, 1.807) is 0 Å². The first kappa shape index (κ1) is 19.9. The van der Waals surface area contributed by atoms with Crippen LogP contribution < -0.4 is 22.9 Å². The smallest absolute Gasteiger partial charge is 0.311 e. The van der Waals surface area contributed by atoms with E-state index in [-0.39, 0.29) is 18.4 Å².